The van der Waals surface area contributed by atoms with Crippen molar-refractivity contribution in [3.63, 3.8) is 0 Å². The van der Waals surface area contributed by atoms with E-state index in [1.807, 2.05) is 25.1 Å². The molecule has 1 aromatic carbocycles. The molecule has 0 aromatic heterocycles. The predicted octanol–water partition coefficient (Wildman–Crippen LogP) is 3.87. The second-order valence-electron chi connectivity index (χ2n) is 4.81. The lowest BCUT2D eigenvalue weighted by atomic mass is 10.2. The fourth-order valence-electron chi connectivity index (χ4n) is 1.69. The molecule has 104 valence electrons. The molecular formula is C17H24O2. The zero-order valence-electron chi connectivity index (χ0n) is 11.9. The first-order valence-electron chi connectivity index (χ1n) is 6.76. The minimum absolute atomic E-state index is 0.156. The second kappa shape index (κ2) is 9.54. The molecule has 2 nitrogen and oxygen atoms in total. The predicted molar refractivity (Wildman–Crippen MR) is 79.9 cm³/mol. The van der Waals surface area contributed by atoms with E-state index in [-0.39, 0.29) is 6.61 Å². The van der Waals surface area contributed by atoms with Crippen molar-refractivity contribution < 1.29 is 9.84 Å². The maximum atomic E-state index is 8.86. The van der Waals surface area contributed by atoms with Gasteiger partial charge in [-0.1, -0.05) is 53.6 Å². The van der Waals surface area contributed by atoms with Crippen LogP contribution in [0.25, 0.3) is 0 Å². The molecule has 0 aliphatic heterocycles. The number of aliphatic hydroxyl groups excluding tert-OH is 1. The first-order chi connectivity index (χ1) is 9.22. The van der Waals surface area contributed by atoms with Crippen molar-refractivity contribution in [2.45, 2.75) is 33.3 Å². The summed E-state index contributed by atoms with van der Waals surface area (Å²) in [5.74, 6) is 0. The Morgan fingerprint density at radius 1 is 1.05 bits per heavy atom. The maximum Gasteiger partial charge on any atom is 0.0721 e. The second-order valence-corrected chi connectivity index (χ2v) is 4.81. The average molecular weight is 260 g/mol. The highest BCUT2D eigenvalue weighted by atomic mass is 16.5. The highest BCUT2D eigenvalue weighted by Crippen LogP contribution is 2.05. The monoisotopic (exact) mass is 260 g/mol. The lowest BCUT2D eigenvalue weighted by Crippen LogP contribution is -1.96. The molecule has 0 atom stereocenters. The molecular weight excluding hydrogens is 236 g/mol. The van der Waals surface area contributed by atoms with Gasteiger partial charge in [-0.25, -0.2) is 0 Å². The number of benzene rings is 1. The molecule has 1 N–H and O–H groups in total. The van der Waals surface area contributed by atoms with Crippen molar-refractivity contribution in [1.29, 1.82) is 0 Å². The fraction of sp³-hybridized carbons (Fsp3) is 0.412. The fourth-order valence-corrected chi connectivity index (χ4v) is 1.69. The van der Waals surface area contributed by atoms with Gasteiger partial charge in [-0.2, -0.15) is 0 Å². The van der Waals surface area contributed by atoms with Crippen LogP contribution in [-0.2, 0) is 11.3 Å². The van der Waals surface area contributed by atoms with Crippen LogP contribution in [0, 0.1) is 0 Å². The largest absolute Gasteiger partial charge is 0.392 e. The van der Waals surface area contributed by atoms with Gasteiger partial charge in [-0.3, -0.25) is 0 Å². The van der Waals surface area contributed by atoms with Crippen molar-refractivity contribution in [1.82, 2.24) is 0 Å². The van der Waals surface area contributed by atoms with Crippen LogP contribution in [0.5, 0.6) is 0 Å². The van der Waals surface area contributed by atoms with Crippen LogP contribution < -0.4 is 0 Å². The molecule has 0 saturated carbocycles. The van der Waals surface area contributed by atoms with Crippen molar-refractivity contribution >= 4 is 0 Å². The third kappa shape index (κ3) is 7.60. The zero-order valence-corrected chi connectivity index (χ0v) is 11.9. The van der Waals surface area contributed by atoms with Crippen LogP contribution in [-0.4, -0.2) is 18.3 Å². The Kier molecular flexibility index (Phi) is 7.87. The van der Waals surface area contributed by atoms with Gasteiger partial charge in [-0.15, -0.1) is 0 Å². The van der Waals surface area contributed by atoms with Crippen molar-refractivity contribution in [3.05, 3.63) is 59.2 Å². The van der Waals surface area contributed by atoms with E-state index in [0.717, 1.165) is 18.4 Å². The Morgan fingerprint density at radius 3 is 2.32 bits per heavy atom. The van der Waals surface area contributed by atoms with Gasteiger partial charge in [-0.05, 0) is 32.3 Å². The molecule has 0 heterocycles. The van der Waals surface area contributed by atoms with Crippen molar-refractivity contribution in [2.24, 2.45) is 0 Å². The molecule has 0 saturated heterocycles. The Labute approximate surface area is 116 Å². The summed E-state index contributed by atoms with van der Waals surface area (Å²) >= 11 is 0. The number of hydrogen-bond acceptors (Lipinski definition) is 2. The van der Waals surface area contributed by atoms with E-state index in [0.29, 0.717) is 13.2 Å². The molecule has 0 bridgehead atoms. The minimum Gasteiger partial charge on any atom is -0.392 e. The summed E-state index contributed by atoms with van der Waals surface area (Å²) in [5, 5.41) is 8.86. The van der Waals surface area contributed by atoms with E-state index in [9.17, 15) is 0 Å². The Hall–Kier alpha value is -1.38. The van der Waals surface area contributed by atoms with Gasteiger partial charge in [0.15, 0.2) is 0 Å². The lowest BCUT2D eigenvalue weighted by Gasteiger charge is -2.04. The molecule has 2 heteroatoms. The van der Waals surface area contributed by atoms with E-state index in [1.165, 1.54) is 11.1 Å². The van der Waals surface area contributed by atoms with Gasteiger partial charge in [0.05, 0.1) is 19.8 Å². The summed E-state index contributed by atoms with van der Waals surface area (Å²) in [7, 11) is 0. The summed E-state index contributed by atoms with van der Waals surface area (Å²) in [5.41, 5.74) is 3.49. The van der Waals surface area contributed by atoms with Crippen LogP contribution >= 0.6 is 0 Å². The van der Waals surface area contributed by atoms with Crippen molar-refractivity contribution in [3.8, 4) is 0 Å². The SMILES string of the molecule is C/C(=C\CC/C=C(\C)COCc1ccccc1)CO. The van der Waals surface area contributed by atoms with E-state index in [4.69, 9.17) is 9.84 Å². The van der Waals surface area contributed by atoms with Gasteiger partial charge in [0.2, 0.25) is 0 Å². The summed E-state index contributed by atoms with van der Waals surface area (Å²) in [6, 6.07) is 10.2. The minimum atomic E-state index is 0.156. The summed E-state index contributed by atoms with van der Waals surface area (Å²) in [6.07, 6.45) is 6.25. The molecule has 19 heavy (non-hydrogen) atoms. The lowest BCUT2D eigenvalue weighted by molar-refractivity contribution is 0.142. The van der Waals surface area contributed by atoms with Crippen LogP contribution in [0.15, 0.2) is 53.6 Å². The smallest absolute Gasteiger partial charge is 0.0721 e. The summed E-state index contributed by atoms with van der Waals surface area (Å²) in [6.45, 7) is 5.53. The molecule has 1 aromatic rings. The highest BCUT2D eigenvalue weighted by Gasteiger charge is 1.93. The molecule has 0 radical (unpaired) electrons. The van der Waals surface area contributed by atoms with Crippen LogP contribution in [0.1, 0.15) is 32.3 Å². The van der Waals surface area contributed by atoms with Gasteiger partial charge in [0.25, 0.3) is 0 Å². The highest BCUT2D eigenvalue weighted by molar-refractivity contribution is 5.13. The van der Waals surface area contributed by atoms with E-state index in [2.05, 4.69) is 31.2 Å². The summed E-state index contributed by atoms with van der Waals surface area (Å²) in [4.78, 5) is 0. The van der Waals surface area contributed by atoms with Crippen LogP contribution in [0.2, 0.25) is 0 Å². The maximum absolute atomic E-state index is 8.86. The topological polar surface area (TPSA) is 29.5 Å². The number of allylic oxidation sites excluding steroid dienone is 2. The summed E-state index contributed by atoms with van der Waals surface area (Å²) < 4.78 is 5.66. The zero-order chi connectivity index (χ0) is 13.9. The number of hydrogen-bond donors (Lipinski definition) is 1. The quantitative estimate of drug-likeness (QED) is 0.568. The van der Waals surface area contributed by atoms with E-state index >= 15 is 0 Å². The van der Waals surface area contributed by atoms with Gasteiger partial charge in [0, 0.05) is 0 Å². The van der Waals surface area contributed by atoms with E-state index in [1.54, 1.807) is 0 Å². The van der Waals surface area contributed by atoms with Gasteiger partial charge < -0.3 is 9.84 Å². The van der Waals surface area contributed by atoms with Gasteiger partial charge >= 0.3 is 0 Å². The normalized spacial score (nSPS) is 12.8. The van der Waals surface area contributed by atoms with E-state index < -0.39 is 0 Å². The first-order valence-corrected chi connectivity index (χ1v) is 6.76. The Morgan fingerprint density at radius 2 is 1.68 bits per heavy atom. The molecule has 0 unspecified atom stereocenters. The van der Waals surface area contributed by atoms with Crippen molar-refractivity contribution in [2.75, 3.05) is 13.2 Å². The first kappa shape index (κ1) is 15.7. The van der Waals surface area contributed by atoms with Crippen LogP contribution in [0.3, 0.4) is 0 Å². The third-order valence-electron chi connectivity index (χ3n) is 2.84. The molecule has 0 aliphatic carbocycles. The number of unbranched alkanes of at least 4 members (excludes halogenated alkanes) is 1. The number of aliphatic hydroxyl groups is 1. The average Bonchev–Trinajstić information content (AvgIpc) is 2.44. The molecule has 0 fully saturated rings. The molecule has 0 spiro atoms. The molecule has 0 aliphatic rings. The number of rotatable bonds is 8. The Bertz CT molecular complexity index is 405. The molecule has 0 amide bonds. The van der Waals surface area contributed by atoms with Crippen LogP contribution in [0.4, 0.5) is 0 Å². The Balaban J connectivity index is 2.18. The van der Waals surface area contributed by atoms with Gasteiger partial charge in [0.1, 0.15) is 0 Å². The molecule has 1 rings (SSSR count). The third-order valence-corrected chi connectivity index (χ3v) is 2.84. The standard InChI is InChI=1S/C17H24O2/c1-15(12-18)8-6-7-9-16(2)13-19-14-17-10-4-3-5-11-17/h3-5,8-11,18H,6-7,12-14H2,1-2H3/b15-8+,16-9+. The number of ether oxygens (including phenoxy) is 1.